The zero-order chi connectivity index (χ0) is 12.2. The number of methoxy groups -OCH3 is 1. The Hall–Kier alpha value is -0.870. The Bertz CT molecular complexity index is 336. The maximum Gasteiger partial charge on any atom is 0.0932 e. The minimum atomic E-state index is -0.784. The highest BCUT2D eigenvalue weighted by Crippen LogP contribution is 2.18. The minimum absolute atomic E-state index is 0.357. The maximum absolute atomic E-state index is 10.3. The average molecular weight is 226 g/mol. The maximum atomic E-state index is 10.3. The van der Waals surface area contributed by atoms with Gasteiger partial charge in [0, 0.05) is 26.3 Å². The van der Waals surface area contributed by atoms with Crippen LogP contribution in [0.25, 0.3) is 0 Å². The lowest BCUT2D eigenvalue weighted by molar-refractivity contribution is -0.0344. The largest absolute Gasteiger partial charge is 0.387 e. The van der Waals surface area contributed by atoms with Crippen LogP contribution in [-0.4, -0.2) is 34.2 Å². The van der Waals surface area contributed by atoms with E-state index in [1.807, 2.05) is 18.7 Å². The summed E-state index contributed by atoms with van der Waals surface area (Å²) in [7, 11) is 3.53. The van der Waals surface area contributed by atoms with E-state index >= 15 is 0 Å². The van der Waals surface area contributed by atoms with Crippen molar-refractivity contribution in [1.82, 2.24) is 9.78 Å². The van der Waals surface area contributed by atoms with E-state index in [-0.39, 0.29) is 0 Å². The molecule has 1 rings (SSSR count). The molecule has 0 amide bonds. The van der Waals surface area contributed by atoms with Crippen LogP contribution in [0.15, 0.2) is 6.07 Å². The van der Waals surface area contributed by atoms with Crippen LogP contribution >= 0.6 is 0 Å². The molecule has 0 aliphatic rings. The molecule has 0 aromatic carbocycles. The first-order valence-electron chi connectivity index (χ1n) is 5.77. The normalized spacial score (nSPS) is 15.1. The van der Waals surface area contributed by atoms with Gasteiger partial charge in [0.2, 0.25) is 0 Å². The van der Waals surface area contributed by atoms with Crippen LogP contribution in [0.1, 0.15) is 31.7 Å². The highest BCUT2D eigenvalue weighted by atomic mass is 16.5. The van der Waals surface area contributed by atoms with E-state index in [1.54, 1.807) is 7.11 Å². The molecule has 0 saturated carbocycles. The molecule has 4 heteroatoms. The average Bonchev–Trinajstić information content (AvgIpc) is 2.60. The topological polar surface area (TPSA) is 47.3 Å². The van der Waals surface area contributed by atoms with Gasteiger partial charge in [-0.15, -0.1) is 0 Å². The number of aryl methyl sites for hydroxylation is 2. The van der Waals surface area contributed by atoms with Crippen LogP contribution in [0.3, 0.4) is 0 Å². The summed E-state index contributed by atoms with van der Waals surface area (Å²) < 4.78 is 6.91. The van der Waals surface area contributed by atoms with Crippen molar-refractivity contribution in [2.45, 2.75) is 38.7 Å². The molecular weight excluding hydrogens is 204 g/mol. The third-order valence-corrected chi connectivity index (χ3v) is 2.97. The third kappa shape index (κ3) is 3.06. The summed E-state index contributed by atoms with van der Waals surface area (Å²) in [4.78, 5) is 0. The van der Waals surface area contributed by atoms with Crippen LogP contribution < -0.4 is 0 Å². The first-order chi connectivity index (χ1) is 7.54. The lowest BCUT2D eigenvalue weighted by atomic mass is 9.95. The fraction of sp³-hybridized carbons (Fsp3) is 0.750. The van der Waals surface area contributed by atoms with Crippen molar-refractivity contribution in [1.29, 1.82) is 0 Å². The number of hydrogen-bond donors (Lipinski definition) is 1. The number of aromatic nitrogens is 2. The Morgan fingerprint density at radius 2 is 2.19 bits per heavy atom. The van der Waals surface area contributed by atoms with Gasteiger partial charge in [-0.2, -0.15) is 5.10 Å². The molecule has 1 aromatic heterocycles. The lowest BCUT2D eigenvalue weighted by Crippen LogP contribution is -2.36. The summed E-state index contributed by atoms with van der Waals surface area (Å²) in [6, 6.07) is 2.05. The summed E-state index contributed by atoms with van der Waals surface area (Å²) in [5.41, 5.74) is 1.33. The van der Waals surface area contributed by atoms with Crippen molar-refractivity contribution < 1.29 is 9.84 Å². The monoisotopic (exact) mass is 226 g/mol. The van der Waals surface area contributed by atoms with Gasteiger partial charge in [0.1, 0.15) is 0 Å². The molecule has 1 N–H and O–H groups in total. The van der Waals surface area contributed by atoms with E-state index in [0.29, 0.717) is 19.4 Å². The second-order valence-corrected chi connectivity index (χ2v) is 4.29. The molecule has 4 nitrogen and oxygen atoms in total. The molecule has 1 heterocycles. The van der Waals surface area contributed by atoms with Crippen LogP contribution in [0.2, 0.25) is 0 Å². The van der Waals surface area contributed by atoms with Crippen molar-refractivity contribution in [2.75, 3.05) is 13.7 Å². The van der Waals surface area contributed by atoms with Crippen molar-refractivity contribution in [3.05, 3.63) is 17.5 Å². The van der Waals surface area contributed by atoms with E-state index in [4.69, 9.17) is 4.74 Å². The number of ether oxygens (including phenoxy) is 1. The molecule has 0 bridgehead atoms. The highest BCUT2D eigenvalue weighted by molar-refractivity contribution is 5.12. The van der Waals surface area contributed by atoms with Gasteiger partial charge in [-0.05, 0) is 18.9 Å². The van der Waals surface area contributed by atoms with Gasteiger partial charge in [-0.25, -0.2) is 0 Å². The van der Waals surface area contributed by atoms with E-state index < -0.39 is 5.60 Å². The van der Waals surface area contributed by atoms with Gasteiger partial charge in [-0.3, -0.25) is 4.68 Å². The van der Waals surface area contributed by atoms with Gasteiger partial charge >= 0.3 is 0 Å². The summed E-state index contributed by atoms with van der Waals surface area (Å²) in [6.45, 7) is 4.40. The fourth-order valence-electron chi connectivity index (χ4n) is 1.79. The summed E-state index contributed by atoms with van der Waals surface area (Å²) in [5.74, 6) is 0. The van der Waals surface area contributed by atoms with E-state index in [1.165, 1.54) is 0 Å². The van der Waals surface area contributed by atoms with Crippen molar-refractivity contribution >= 4 is 0 Å². The molecule has 0 aliphatic heterocycles. The molecule has 0 fully saturated rings. The quantitative estimate of drug-likeness (QED) is 0.795. The zero-order valence-electron chi connectivity index (χ0n) is 10.7. The minimum Gasteiger partial charge on any atom is -0.387 e. The Labute approximate surface area is 97.2 Å². The van der Waals surface area contributed by atoms with Gasteiger partial charge < -0.3 is 9.84 Å². The Kier molecular flexibility index (Phi) is 4.50. The molecule has 1 aromatic rings. The molecule has 16 heavy (non-hydrogen) atoms. The number of hydrogen-bond acceptors (Lipinski definition) is 3. The number of nitrogens with zero attached hydrogens (tertiary/aromatic N) is 2. The first-order valence-corrected chi connectivity index (χ1v) is 5.77. The summed E-state index contributed by atoms with van der Waals surface area (Å²) in [5, 5.41) is 14.7. The number of aliphatic hydroxyl groups is 1. The van der Waals surface area contributed by atoms with Crippen molar-refractivity contribution in [2.24, 2.45) is 7.05 Å². The second-order valence-electron chi connectivity index (χ2n) is 4.29. The van der Waals surface area contributed by atoms with Crippen LogP contribution in [-0.2, 0) is 24.6 Å². The Balaban J connectivity index is 2.80. The molecule has 0 radical (unpaired) electrons. The predicted octanol–water partition coefficient (Wildman–Crippen LogP) is 1.31. The van der Waals surface area contributed by atoms with Gasteiger partial charge in [0.15, 0.2) is 0 Å². The van der Waals surface area contributed by atoms with E-state index in [0.717, 1.165) is 17.8 Å². The lowest BCUT2D eigenvalue weighted by Gasteiger charge is -2.25. The first kappa shape index (κ1) is 13.2. The molecule has 0 aliphatic carbocycles. The summed E-state index contributed by atoms with van der Waals surface area (Å²) in [6.07, 6.45) is 2.18. The Morgan fingerprint density at radius 3 is 2.62 bits per heavy atom. The second kappa shape index (κ2) is 5.46. The van der Waals surface area contributed by atoms with Gasteiger partial charge in [0.05, 0.1) is 17.9 Å². The molecule has 92 valence electrons. The van der Waals surface area contributed by atoms with Gasteiger partial charge in [-0.1, -0.05) is 13.8 Å². The third-order valence-electron chi connectivity index (χ3n) is 2.97. The Morgan fingerprint density at radius 1 is 1.50 bits per heavy atom. The van der Waals surface area contributed by atoms with Crippen LogP contribution in [0, 0.1) is 0 Å². The standard InChI is InChI=1S/C12H22N2O2/c1-5-10-7-11(14(3)13-10)8-12(15,6-2)9-16-4/h7,15H,5-6,8-9H2,1-4H3. The zero-order valence-corrected chi connectivity index (χ0v) is 10.7. The number of rotatable bonds is 6. The van der Waals surface area contributed by atoms with Gasteiger partial charge in [0.25, 0.3) is 0 Å². The molecule has 0 saturated heterocycles. The van der Waals surface area contributed by atoms with Crippen molar-refractivity contribution in [3.8, 4) is 0 Å². The van der Waals surface area contributed by atoms with E-state index in [9.17, 15) is 5.11 Å². The SMILES string of the molecule is CCc1cc(CC(O)(CC)COC)n(C)n1. The molecule has 0 spiro atoms. The highest BCUT2D eigenvalue weighted by Gasteiger charge is 2.26. The van der Waals surface area contributed by atoms with Crippen LogP contribution in [0.4, 0.5) is 0 Å². The molecular formula is C12H22N2O2. The summed E-state index contributed by atoms with van der Waals surface area (Å²) >= 11 is 0. The van der Waals surface area contributed by atoms with Crippen molar-refractivity contribution in [3.63, 3.8) is 0 Å². The smallest absolute Gasteiger partial charge is 0.0932 e. The predicted molar refractivity (Wildman–Crippen MR) is 63.4 cm³/mol. The fourth-order valence-corrected chi connectivity index (χ4v) is 1.79. The van der Waals surface area contributed by atoms with E-state index in [2.05, 4.69) is 18.1 Å². The molecule has 1 unspecified atom stereocenters. The molecule has 1 atom stereocenters. The van der Waals surface area contributed by atoms with Crippen LogP contribution in [0.5, 0.6) is 0 Å².